The molecule has 2 aromatic heterocycles. The molecule has 0 aliphatic carbocycles. The van der Waals surface area contributed by atoms with Crippen LogP contribution in [0.1, 0.15) is 66.6 Å². The number of phenols is 1. The molecule has 0 aliphatic rings. The minimum atomic E-state index is -0.721. The van der Waals surface area contributed by atoms with Crippen LogP contribution in [0.15, 0.2) is 55.1 Å². The number of phenolic OH excluding ortho intramolecular Hbond substituents is 1. The summed E-state index contributed by atoms with van der Waals surface area (Å²) < 4.78 is 10.7. The SMILES string of the molecule is CC[C@@H](Nc1c(Nc2cccc(C(=O)N(C)c3cc(C)on3)c2O)c(=O)c1=O)c1cc(C(C)C)co1. The third-order valence-electron chi connectivity index (χ3n) is 6.08. The minimum Gasteiger partial charge on any atom is -0.505 e. The monoisotopic (exact) mass is 492 g/mol. The summed E-state index contributed by atoms with van der Waals surface area (Å²) in [5.74, 6) is 0.861. The number of carbonyl (C=O) groups excluding carboxylic acids is 1. The van der Waals surface area contributed by atoms with Gasteiger partial charge in [0.15, 0.2) is 11.6 Å². The van der Waals surface area contributed by atoms with Crippen LogP contribution in [0, 0.1) is 6.92 Å². The van der Waals surface area contributed by atoms with E-state index in [1.165, 1.54) is 24.1 Å². The first-order valence-corrected chi connectivity index (χ1v) is 11.6. The molecule has 1 atom stereocenters. The van der Waals surface area contributed by atoms with E-state index in [0.717, 1.165) is 5.56 Å². The van der Waals surface area contributed by atoms with Gasteiger partial charge < -0.3 is 24.7 Å². The molecule has 188 valence electrons. The zero-order chi connectivity index (χ0) is 26.1. The Morgan fingerprint density at radius 1 is 1.17 bits per heavy atom. The van der Waals surface area contributed by atoms with Crippen LogP contribution in [-0.2, 0) is 0 Å². The van der Waals surface area contributed by atoms with Crippen molar-refractivity contribution < 1.29 is 18.8 Å². The van der Waals surface area contributed by atoms with Crippen molar-refractivity contribution in [1.29, 1.82) is 0 Å². The highest BCUT2D eigenvalue weighted by atomic mass is 16.5. The molecule has 4 aromatic rings. The Bertz CT molecular complexity index is 1470. The van der Waals surface area contributed by atoms with E-state index in [4.69, 9.17) is 8.94 Å². The van der Waals surface area contributed by atoms with E-state index in [0.29, 0.717) is 17.9 Å². The van der Waals surface area contributed by atoms with Crippen molar-refractivity contribution in [3.63, 3.8) is 0 Å². The third-order valence-corrected chi connectivity index (χ3v) is 6.08. The van der Waals surface area contributed by atoms with E-state index in [-0.39, 0.29) is 46.2 Å². The number of aromatic hydroxyl groups is 1. The summed E-state index contributed by atoms with van der Waals surface area (Å²) >= 11 is 0. The van der Waals surface area contributed by atoms with Gasteiger partial charge in [0.2, 0.25) is 0 Å². The number of nitrogens with zero attached hydrogens (tertiary/aromatic N) is 2. The third kappa shape index (κ3) is 4.49. The van der Waals surface area contributed by atoms with Crippen molar-refractivity contribution in [1.82, 2.24) is 5.16 Å². The van der Waals surface area contributed by atoms with Crippen molar-refractivity contribution in [2.45, 2.75) is 46.1 Å². The summed E-state index contributed by atoms with van der Waals surface area (Å²) in [6.07, 6.45) is 2.29. The van der Waals surface area contributed by atoms with Crippen molar-refractivity contribution in [3.05, 3.63) is 79.7 Å². The topological polar surface area (TPSA) is 138 Å². The lowest BCUT2D eigenvalue weighted by Crippen LogP contribution is -2.37. The number of aryl methyl sites for hydroxylation is 1. The fourth-order valence-electron chi connectivity index (χ4n) is 3.80. The number of benzene rings is 1. The molecule has 0 saturated heterocycles. The second kappa shape index (κ2) is 9.73. The van der Waals surface area contributed by atoms with Crippen LogP contribution in [0.3, 0.4) is 0 Å². The molecule has 4 rings (SSSR count). The van der Waals surface area contributed by atoms with E-state index in [9.17, 15) is 19.5 Å². The number of hydrogen-bond donors (Lipinski definition) is 3. The predicted molar refractivity (Wildman–Crippen MR) is 136 cm³/mol. The van der Waals surface area contributed by atoms with Crippen LogP contribution >= 0.6 is 0 Å². The molecule has 0 saturated carbocycles. The zero-order valence-corrected chi connectivity index (χ0v) is 20.7. The van der Waals surface area contributed by atoms with Crippen molar-refractivity contribution in [3.8, 4) is 5.75 Å². The van der Waals surface area contributed by atoms with Gasteiger partial charge in [-0.1, -0.05) is 32.0 Å². The van der Waals surface area contributed by atoms with E-state index >= 15 is 0 Å². The van der Waals surface area contributed by atoms with Crippen LogP contribution in [0.4, 0.5) is 22.9 Å². The first-order chi connectivity index (χ1) is 17.1. The van der Waals surface area contributed by atoms with Crippen molar-refractivity contribution in [2.75, 3.05) is 22.6 Å². The first kappa shape index (κ1) is 24.8. The molecule has 0 radical (unpaired) electrons. The number of para-hydroxylation sites is 1. The van der Waals surface area contributed by atoms with Crippen LogP contribution in [0.25, 0.3) is 0 Å². The lowest BCUT2D eigenvalue weighted by atomic mass is 10.0. The van der Waals surface area contributed by atoms with Gasteiger partial charge in [-0.3, -0.25) is 19.3 Å². The summed E-state index contributed by atoms with van der Waals surface area (Å²) in [7, 11) is 1.50. The molecule has 0 fully saturated rings. The summed E-state index contributed by atoms with van der Waals surface area (Å²) in [6.45, 7) is 7.74. The smallest absolute Gasteiger partial charge is 0.263 e. The van der Waals surface area contributed by atoms with Gasteiger partial charge >= 0.3 is 0 Å². The number of hydrogen-bond acceptors (Lipinski definition) is 9. The number of carbonyl (C=O) groups is 1. The molecule has 2 heterocycles. The van der Waals surface area contributed by atoms with E-state index in [1.54, 1.807) is 25.3 Å². The lowest BCUT2D eigenvalue weighted by molar-refractivity contribution is 0.0989. The standard InChI is InChI=1S/C26H28N4O6/c1-6-17(19-11-15(12-35-19)13(2)3)27-21-22(25(33)24(21)32)28-18-9-7-8-16(23(18)31)26(34)30(5)20-10-14(4)36-29-20/h7-13,17,27-28,31H,6H2,1-5H3/t17-/m1/s1. The van der Waals surface area contributed by atoms with E-state index < -0.39 is 16.8 Å². The molecule has 10 nitrogen and oxygen atoms in total. The molecule has 1 amide bonds. The number of amides is 1. The average molecular weight is 493 g/mol. The molecule has 0 aliphatic heterocycles. The van der Waals surface area contributed by atoms with E-state index in [2.05, 4.69) is 29.6 Å². The van der Waals surface area contributed by atoms with Crippen LogP contribution in [-0.4, -0.2) is 23.2 Å². The van der Waals surface area contributed by atoms with Crippen LogP contribution in [0.2, 0.25) is 0 Å². The second-order valence-electron chi connectivity index (χ2n) is 8.94. The number of furan rings is 1. The highest BCUT2D eigenvalue weighted by molar-refractivity contribution is 6.08. The highest BCUT2D eigenvalue weighted by Gasteiger charge is 2.27. The summed E-state index contributed by atoms with van der Waals surface area (Å²) in [5.41, 5.74) is -0.158. The van der Waals surface area contributed by atoms with Crippen molar-refractivity contribution in [2.24, 2.45) is 0 Å². The van der Waals surface area contributed by atoms with Gasteiger partial charge in [-0.25, -0.2) is 0 Å². The molecule has 36 heavy (non-hydrogen) atoms. The predicted octanol–water partition coefficient (Wildman–Crippen LogP) is 4.58. The maximum Gasteiger partial charge on any atom is 0.263 e. The molecule has 10 heteroatoms. The first-order valence-electron chi connectivity index (χ1n) is 11.6. The molecule has 0 unspecified atom stereocenters. The quantitative estimate of drug-likeness (QED) is 0.226. The van der Waals surface area contributed by atoms with Gasteiger partial charge in [0, 0.05) is 13.1 Å². The maximum absolute atomic E-state index is 13.0. The zero-order valence-electron chi connectivity index (χ0n) is 20.7. The van der Waals surface area contributed by atoms with Crippen LogP contribution < -0.4 is 26.4 Å². The summed E-state index contributed by atoms with van der Waals surface area (Å²) in [4.78, 5) is 39.0. The summed E-state index contributed by atoms with van der Waals surface area (Å²) in [5, 5.41) is 20.6. The van der Waals surface area contributed by atoms with Gasteiger partial charge in [0.1, 0.15) is 22.9 Å². The highest BCUT2D eigenvalue weighted by Crippen LogP contribution is 2.34. The van der Waals surface area contributed by atoms with Gasteiger partial charge in [0.05, 0.1) is 23.6 Å². The molecule has 0 bridgehead atoms. The van der Waals surface area contributed by atoms with Gasteiger partial charge in [-0.05, 0) is 43.0 Å². The average Bonchev–Trinajstić information content (AvgIpc) is 3.53. The molecule has 2 aromatic carbocycles. The van der Waals surface area contributed by atoms with Gasteiger partial charge in [-0.2, -0.15) is 0 Å². The number of aromatic nitrogens is 1. The maximum atomic E-state index is 13.0. The lowest BCUT2D eigenvalue weighted by Gasteiger charge is -2.21. The molecule has 3 N–H and O–H groups in total. The fourth-order valence-corrected chi connectivity index (χ4v) is 3.80. The molecular formula is C26H28N4O6. The normalized spacial score (nSPS) is 12.2. The Morgan fingerprint density at radius 2 is 1.89 bits per heavy atom. The minimum absolute atomic E-state index is 0.00877. The molecular weight excluding hydrogens is 464 g/mol. The van der Waals surface area contributed by atoms with Crippen LogP contribution in [0.5, 0.6) is 5.75 Å². The number of anilines is 4. The number of rotatable bonds is 9. The van der Waals surface area contributed by atoms with Crippen molar-refractivity contribution >= 4 is 28.8 Å². The second-order valence-corrected chi connectivity index (χ2v) is 8.94. The Balaban J connectivity index is 1.58. The Hall–Kier alpha value is -4.34. The Labute approximate surface area is 207 Å². The van der Waals surface area contributed by atoms with Gasteiger partial charge in [0.25, 0.3) is 16.8 Å². The fraction of sp³-hybridized carbons (Fsp3) is 0.308. The summed E-state index contributed by atoms with van der Waals surface area (Å²) in [6, 6.07) is 7.70. The largest absolute Gasteiger partial charge is 0.505 e. The molecule has 0 spiro atoms. The Morgan fingerprint density at radius 3 is 2.50 bits per heavy atom. The Kier molecular flexibility index (Phi) is 6.69. The van der Waals surface area contributed by atoms with E-state index in [1.807, 2.05) is 13.0 Å². The number of nitrogens with one attached hydrogen (secondary N) is 2. The van der Waals surface area contributed by atoms with Gasteiger partial charge in [-0.15, -0.1) is 0 Å².